The SMILES string of the molecule is Cc1cc(C(F)F)nc2sc(C(N)=O)c(NC(=O)c3c([N+](=O)[O-])cnn3C)c12. The largest absolute Gasteiger partial charge is 0.365 e. The number of nitrogens with two attached hydrogens (primary N) is 1. The Bertz CT molecular complexity index is 1140. The topological polar surface area (TPSA) is 146 Å². The van der Waals surface area contributed by atoms with Crippen LogP contribution in [0.1, 0.15) is 37.8 Å². The van der Waals surface area contributed by atoms with E-state index in [0.717, 1.165) is 28.3 Å². The van der Waals surface area contributed by atoms with Crippen molar-refractivity contribution in [2.24, 2.45) is 12.8 Å². The van der Waals surface area contributed by atoms with Crippen molar-refractivity contribution in [3.05, 3.63) is 44.2 Å². The molecular formula is C15H12F2N6O4S. The average Bonchev–Trinajstić information content (AvgIpc) is 3.16. The first kappa shape index (κ1) is 19.3. The van der Waals surface area contributed by atoms with Crippen molar-refractivity contribution in [3.63, 3.8) is 0 Å². The molecule has 0 aliphatic carbocycles. The van der Waals surface area contributed by atoms with Crippen LogP contribution in [0.15, 0.2) is 12.3 Å². The van der Waals surface area contributed by atoms with Gasteiger partial charge >= 0.3 is 5.69 Å². The number of nitrogens with zero attached hydrogens (tertiary/aromatic N) is 4. The molecule has 0 saturated carbocycles. The van der Waals surface area contributed by atoms with Gasteiger partial charge in [-0.15, -0.1) is 11.3 Å². The van der Waals surface area contributed by atoms with Crippen LogP contribution in [0.4, 0.5) is 20.2 Å². The highest BCUT2D eigenvalue weighted by Gasteiger charge is 2.29. The number of aromatic nitrogens is 3. The van der Waals surface area contributed by atoms with Crippen molar-refractivity contribution in [1.82, 2.24) is 14.8 Å². The highest BCUT2D eigenvalue weighted by atomic mass is 32.1. The maximum Gasteiger partial charge on any atom is 0.320 e. The zero-order valence-corrected chi connectivity index (χ0v) is 15.2. The van der Waals surface area contributed by atoms with Crippen LogP contribution in [0.3, 0.4) is 0 Å². The molecule has 3 aromatic rings. The number of halogens is 2. The first-order valence-corrected chi connectivity index (χ1v) is 8.43. The number of fused-ring (bicyclic) bond motifs is 1. The predicted octanol–water partition coefficient (Wildman–Crippen LogP) is 2.54. The summed E-state index contributed by atoms with van der Waals surface area (Å²) >= 11 is 0.742. The predicted molar refractivity (Wildman–Crippen MR) is 95.6 cm³/mol. The molecule has 0 aliphatic rings. The van der Waals surface area contributed by atoms with Gasteiger partial charge in [0.25, 0.3) is 18.2 Å². The van der Waals surface area contributed by atoms with Crippen LogP contribution in [0.5, 0.6) is 0 Å². The normalized spacial score (nSPS) is 11.2. The summed E-state index contributed by atoms with van der Waals surface area (Å²) in [6, 6.07) is 1.13. The number of aryl methyl sites for hydroxylation is 2. The molecule has 0 bridgehead atoms. The molecule has 0 radical (unpaired) electrons. The number of rotatable bonds is 5. The Balaban J connectivity index is 2.16. The summed E-state index contributed by atoms with van der Waals surface area (Å²) in [5, 5.41) is 17.5. The minimum Gasteiger partial charge on any atom is -0.365 e. The van der Waals surface area contributed by atoms with E-state index in [2.05, 4.69) is 15.4 Å². The molecule has 13 heteroatoms. The van der Waals surface area contributed by atoms with Crippen molar-refractivity contribution in [2.45, 2.75) is 13.3 Å². The maximum atomic E-state index is 13.0. The lowest BCUT2D eigenvalue weighted by molar-refractivity contribution is -0.385. The molecule has 28 heavy (non-hydrogen) atoms. The van der Waals surface area contributed by atoms with E-state index >= 15 is 0 Å². The number of alkyl halides is 2. The number of nitro groups is 1. The lowest BCUT2D eigenvalue weighted by Crippen LogP contribution is -2.20. The van der Waals surface area contributed by atoms with E-state index in [1.165, 1.54) is 14.0 Å². The van der Waals surface area contributed by atoms with Crippen molar-refractivity contribution in [1.29, 1.82) is 0 Å². The number of thiophene rings is 1. The summed E-state index contributed by atoms with van der Waals surface area (Å²) in [4.78, 5) is 38.6. The lowest BCUT2D eigenvalue weighted by atomic mass is 10.1. The third-order valence-corrected chi connectivity index (χ3v) is 4.99. The number of amides is 2. The molecule has 2 amide bonds. The summed E-state index contributed by atoms with van der Waals surface area (Å²) in [5.74, 6) is -1.82. The van der Waals surface area contributed by atoms with Crippen LogP contribution in [-0.2, 0) is 7.05 Å². The minimum atomic E-state index is -2.82. The highest BCUT2D eigenvalue weighted by Crippen LogP contribution is 2.38. The van der Waals surface area contributed by atoms with Crippen molar-refractivity contribution in [3.8, 4) is 0 Å². The van der Waals surface area contributed by atoms with Gasteiger partial charge in [0.05, 0.1) is 10.6 Å². The fourth-order valence-electron chi connectivity index (χ4n) is 2.71. The number of carbonyl (C=O) groups is 2. The van der Waals surface area contributed by atoms with E-state index in [4.69, 9.17) is 5.73 Å². The number of hydrogen-bond donors (Lipinski definition) is 2. The Morgan fingerprint density at radius 3 is 2.68 bits per heavy atom. The monoisotopic (exact) mass is 410 g/mol. The fourth-order valence-corrected chi connectivity index (χ4v) is 3.77. The fraction of sp³-hybridized carbons (Fsp3) is 0.200. The maximum absolute atomic E-state index is 13.0. The molecule has 10 nitrogen and oxygen atoms in total. The summed E-state index contributed by atoms with van der Waals surface area (Å²) in [6.07, 6.45) is -1.91. The first-order valence-electron chi connectivity index (χ1n) is 7.61. The Labute approximate surface area is 159 Å². The zero-order chi connectivity index (χ0) is 20.7. The van der Waals surface area contributed by atoms with E-state index in [-0.39, 0.29) is 26.5 Å². The molecule has 3 N–H and O–H groups in total. The summed E-state index contributed by atoms with van der Waals surface area (Å²) in [7, 11) is 1.34. The molecule has 3 heterocycles. The second kappa shape index (κ2) is 6.92. The number of pyridine rings is 1. The Morgan fingerprint density at radius 1 is 1.43 bits per heavy atom. The molecule has 0 spiro atoms. The smallest absolute Gasteiger partial charge is 0.320 e. The molecule has 0 aliphatic heterocycles. The van der Waals surface area contributed by atoms with E-state index in [9.17, 15) is 28.5 Å². The standard InChI is InChI=1S/C15H12F2N6O4S/c1-5-3-6(12(16)17)20-15-8(5)9(11(28-15)13(18)24)21-14(25)10-7(23(26)27)4-19-22(10)2/h3-4,12H,1-2H3,(H2,18,24)(H,21,25). The van der Waals surface area contributed by atoms with Gasteiger partial charge in [-0.1, -0.05) is 0 Å². The second-order valence-electron chi connectivity index (χ2n) is 5.73. The number of hydrogen-bond acceptors (Lipinski definition) is 7. The summed E-state index contributed by atoms with van der Waals surface area (Å²) < 4.78 is 27.0. The molecule has 0 saturated heterocycles. The molecule has 0 unspecified atom stereocenters. The average molecular weight is 410 g/mol. The molecule has 146 valence electrons. The van der Waals surface area contributed by atoms with E-state index in [1.807, 2.05) is 0 Å². The van der Waals surface area contributed by atoms with Gasteiger partial charge in [0.15, 0.2) is 0 Å². The van der Waals surface area contributed by atoms with Crippen LogP contribution in [0.25, 0.3) is 10.2 Å². The first-order chi connectivity index (χ1) is 13.1. The van der Waals surface area contributed by atoms with Gasteiger partial charge in [0.1, 0.15) is 21.6 Å². The molecule has 0 fully saturated rings. The molecule has 3 rings (SSSR count). The number of carbonyl (C=O) groups excluding carboxylic acids is 2. The van der Waals surface area contributed by atoms with Crippen molar-refractivity contribution < 1.29 is 23.3 Å². The number of primary amides is 1. The third-order valence-electron chi connectivity index (χ3n) is 3.90. The number of anilines is 1. The van der Waals surface area contributed by atoms with Crippen LogP contribution in [-0.4, -0.2) is 31.5 Å². The molecular weight excluding hydrogens is 398 g/mol. The van der Waals surface area contributed by atoms with Gasteiger partial charge in [-0.05, 0) is 18.6 Å². The van der Waals surface area contributed by atoms with E-state index in [1.54, 1.807) is 0 Å². The van der Waals surface area contributed by atoms with Crippen molar-refractivity contribution in [2.75, 3.05) is 5.32 Å². The summed E-state index contributed by atoms with van der Waals surface area (Å²) in [6.45, 7) is 1.51. The van der Waals surface area contributed by atoms with Gasteiger partial charge in [-0.3, -0.25) is 24.4 Å². The minimum absolute atomic E-state index is 0.0428. The van der Waals surface area contributed by atoms with Crippen molar-refractivity contribution >= 4 is 44.7 Å². The van der Waals surface area contributed by atoms with Crippen LogP contribution < -0.4 is 11.1 Å². The van der Waals surface area contributed by atoms with Gasteiger partial charge in [-0.2, -0.15) is 5.10 Å². The van der Waals surface area contributed by atoms with Crippen LogP contribution in [0.2, 0.25) is 0 Å². The van der Waals surface area contributed by atoms with Gasteiger partial charge in [-0.25, -0.2) is 13.8 Å². The van der Waals surface area contributed by atoms with Crippen LogP contribution in [0, 0.1) is 17.0 Å². The Hall–Kier alpha value is -3.48. The van der Waals surface area contributed by atoms with E-state index in [0.29, 0.717) is 5.56 Å². The van der Waals surface area contributed by atoms with Gasteiger partial charge in [0.2, 0.25) is 5.69 Å². The Morgan fingerprint density at radius 2 is 2.11 bits per heavy atom. The van der Waals surface area contributed by atoms with E-state index < -0.39 is 34.5 Å². The Kier molecular flexibility index (Phi) is 4.77. The molecule has 0 atom stereocenters. The van der Waals surface area contributed by atoms with Crippen LogP contribution >= 0.6 is 11.3 Å². The highest BCUT2D eigenvalue weighted by molar-refractivity contribution is 7.21. The third kappa shape index (κ3) is 3.15. The molecule has 3 aromatic heterocycles. The zero-order valence-electron chi connectivity index (χ0n) is 14.4. The quantitative estimate of drug-likeness (QED) is 0.488. The molecule has 0 aromatic carbocycles. The number of nitrogens with one attached hydrogen (secondary N) is 1. The van der Waals surface area contributed by atoms with Gasteiger partial charge < -0.3 is 11.1 Å². The van der Waals surface area contributed by atoms with Gasteiger partial charge in [0, 0.05) is 12.4 Å². The second-order valence-corrected chi connectivity index (χ2v) is 6.73. The lowest BCUT2D eigenvalue weighted by Gasteiger charge is -2.08. The summed E-state index contributed by atoms with van der Waals surface area (Å²) in [5.41, 5.74) is 4.27.